The maximum absolute atomic E-state index is 12.4. The maximum Gasteiger partial charge on any atom is 0.227 e. The van der Waals surface area contributed by atoms with Crippen molar-refractivity contribution in [2.24, 2.45) is 11.8 Å². The molecule has 0 saturated carbocycles. The zero-order valence-electron chi connectivity index (χ0n) is 14.5. The van der Waals surface area contributed by atoms with Gasteiger partial charge in [0.1, 0.15) is 5.75 Å². The van der Waals surface area contributed by atoms with Gasteiger partial charge in [-0.2, -0.15) is 0 Å². The summed E-state index contributed by atoms with van der Waals surface area (Å²) in [6.45, 7) is 3.12. The standard InChI is InChI=1S/C18H25N3O3.ClH/c1-24-16-7-3-2-6-15(16)21-12-14(9-17(21)22)18(23)20-11-13-5-4-8-19-10-13;/h2-3,6-7,13-14,19H,4-5,8-12H2,1H3,(H,20,23);1H. The molecule has 2 amide bonds. The maximum atomic E-state index is 12.4. The molecular formula is C18H26ClN3O3. The van der Waals surface area contributed by atoms with Gasteiger partial charge in [-0.05, 0) is 44.0 Å². The van der Waals surface area contributed by atoms with Crippen LogP contribution >= 0.6 is 12.4 Å². The Hall–Kier alpha value is -1.79. The lowest BCUT2D eigenvalue weighted by atomic mass is 9.99. The quantitative estimate of drug-likeness (QED) is 0.829. The Balaban J connectivity index is 0.00000225. The van der Waals surface area contributed by atoms with Crippen LogP contribution < -0.4 is 20.3 Å². The summed E-state index contributed by atoms with van der Waals surface area (Å²) in [6.07, 6.45) is 2.56. The molecule has 0 aromatic heterocycles. The van der Waals surface area contributed by atoms with Gasteiger partial charge in [0.15, 0.2) is 0 Å². The summed E-state index contributed by atoms with van der Waals surface area (Å²) in [5.41, 5.74) is 0.733. The molecule has 6 nitrogen and oxygen atoms in total. The van der Waals surface area contributed by atoms with Crippen LogP contribution in [-0.2, 0) is 9.59 Å². The van der Waals surface area contributed by atoms with Crippen molar-refractivity contribution in [1.29, 1.82) is 0 Å². The molecule has 0 bridgehead atoms. The predicted octanol–water partition coefficient (Wildman–Crippen LogP) is 1.59. The molecule has 2 aliphatic heterocycles. The number of carbonyl (C=O) groups is 2. The van der Waals surface area contributed by atoms with Gasteiger partial charge in [0.2, 0.25) is 11.8 Å². The van der Waals surface area contributed by atoms with Gasteiger partial charge >= 0.3 is 0 Å². The van der Waals surface area contributed by atoms with E-state index in [9.17, 15) is 9.59 Å². The van der Waals surface area contributed by atoms with Gasteiger partial charge in [0.05, 0.1) is 18.7 Å². The van der Waals surface area contributed by atoms with Crippen molar-refractivity contribution in [3.8, 4) is 5.75 Å². The number of nitrogens with zero attached hydrogens (tertiary/aromatic N) is 1. The number of anilines is 1. The van der Waals surface area contributed by atoms with Crippen molar-refractivity contribution in [3.05, 3.63) is 24.3 Å². The number of hydrogen-bond acceptors (Lipinski definition) is 4. The summed E-state index contributed by atoms with van der Waals surface area (Å²) in [7, 11) is 1.59. The third-order valence-electron chi connectivity index (χ3n) is 4.84. The molecule has 0 spiro atoms. The van der Waals surface area contributed by atoms with E-state index < -0.39 is 0 Å². The molecule has 3 rings (SSSR count). The highest BCUT2D eigenvalue weighted by Gasteiger charge is 2.36. The van der Waals surface area contributed by atoms with E-state index in [0.717, 1.165) is 31.6 Å². The first-order valence-corrected chi connectivity index (χ1v) is 8.61. The van der Waals surface area contributed by atoms with Crippen molar-refractivity contribution in [3.63, 3.8) is 0 Å². The van der Waals surface area contributed by atoms with Crippen LogP contribution in [0.15, 0.2) is 24.3 Å². The number of halogens is 1. The molecule has 0 radical (unpaired) electrons. The van der Waals surface area contributed by atoms with Gasteiger partial charge in [0.25, 0.3) is 0 Å². The SMILES string of the molecule is COc1ccccc1N1CC(C(=O)NCC2CCCNC2)CC1=O.Cl. The van der Waals surface area contributed by atoms with Crippen LogP contribution in [0.1, 0.15) is 19.3 Å². The highest BCUT2D eigenvalue weighted by molar-refractivity contribution is 6.01. The minimum atomic E-state index is -0.293. The number of carbonyl (C=O) groups excluding carboxylic acids is 2. The fourth-order valence-electron chi connectivity index (χ4n) is 3.46. The summed E-state index contributed by atoms with van der Waals surface area (Å²) in [5, 5.41) is 6.38. The molecule has 1 aromatic rings. The number of amides is 2. The zero-order chi connectivity index (χ0) is 16.9. The molecule has 2 unspecified atom stereocenters. The van der Waals surface area contributed by atoms with Crippen LogP contribution in [0.4, 0.5) is 5.69 Å². The van der Waals surface area contributed by atoms with E-state index in [1.165, 1.54) is 0 Å². The molecule has 25 heavy (non-hydrogen) atoms. The molecular weight excluding hydrogens is 342 g/mol. The Kier molecular flexibility index (Phi) is 7.08. The summed E-state index contributed by atoms with van der Waals surface area (Å²) >= 11 is 0. The molecule has 2 saturated heterocycles. The topological polar surface area (TPSA) is 70.7 Å². The highest BCUT2D eigenvalue weighted by Crippen LogP contribution is 2.32. The number of rotatable bonds is 5. The van der Waals surface area contributed by atoms with Crippen molar-refractivity contribution in [2.45, 2.75) is 19.3 Å². The Morgan fingerprint density at radius 3 is 2.92 bits per heavy atom. The largest absolute Gasteiger partial charge is 0.495 e. The van der Waals surface area contributed by atoms with Crippen LogP contribution in [0.3, 0.4) is 0 Å². The van der Waals surface area contributed by atoms with E-state index in [4.69, 9.17) is 4.74 Å². The second-order valence-corrected chi connectivity index (χ2v) is 6.53. The van der Waals surface area contributed by atoms with Crippen molar-refractivity contribution in [1.82, 2.24) is 10.6 Å². The number of benzene rings is 1. The normalized spacial score (nSPS) is 23.1. The first-order valence-electron chi connectivity index (χ1n) is 8.61. The summed E-state index contributed by atoms with van der Waals surface area (Å²) in [5.74, 6) is 0.801. The smallest absolute Gasteiger partial charge is 0.227 e. The van der Waals surface area contributed by atoms with Crippen LogP contribution in [-0.4, -0.2) is 45.1 Å². The number of hydrogen-bond donors (Lipinski definition) is 2. The molecule has 2 heterocycles. The van der Waals surface area contributed by atoms with E-state index in [0.29, 0.717) is 24.8 Å². The van der Waals surface area contributed by atoms with Crippen molar-refractivity contribution in [2.75, 3.05) is 38.2 Å². The third-order valence-corrected chi connectivity index (χ3v) is 4.84. The fourth-order valence-corrected chi connectivity index (χ4v) is 3.46. The lowest BCUT2D eigenvalue weighted by Gasteiger charge is -2.23. The Morgan fingerprint density at radius 2 is 2.20 bits per heavy atom. The van der Waals surface area contributed by atoms with Gasteiger partial charge in [-0.3, -0.25) is 9.59 Å². The Labute approximate surface area is 154 Å². The zero-order valence-corrected chi connectivity index (χ0v) is 15.3. The van der Waals surface area contributed by atoms with Crippen LogP contribution in [0, 0.1) is 11.8 Å². The van der Waals surface area contributed by atoms with Crippen LogP contribution in [0.2, 0.25) is 0 Å². The number of methoxy groups -OCH3 is 1. The van der Waals surface area contributed by atoms with Crippen LogP contribution in [0.5, 0.6) is 5.75 Å². The molecule has 0 aliphatic carbocycles. The molecule has 2 atom stereocenters. The first-order chi connectivity index (χ1) is 11.7. The monoisotopic (exact) mass is 367 g/mol. The number of ether oxygens (including phenoxy) is 1. The van der Waals surface area contributed by atoms with E-state index in [1.54, 1.807) is 12.0 Å². The molecule has 2 N–H and O–H groups in total. The summed E-state index contributed by atoms with van der Waals surface area (Å²) in [6, 6.07) is 7.41. The molecule has 138 valence electrons. The minimum absolute atomic E-state index is 0. The Morgan fingerprint density at radius 1 is 1.40 bits per heavy atom. The molecule has 2 fully saturated rings. The van der Waals surface area contributed by atoms with E-state index >= 15 is 0 Å². The van der Waals surface area contributed by atoms with E-state index in [1.807, 2.05) is 24.3 Å². The molecule has 7 heteroatoms. The minimum Gasteiger partial charge on any atom is -0.495 e. The van der Waals surface area contributed by atoms with E-state index in [-0.39, 0.29) is 36.6 Å². The van der Waals surface area contributed by atoms with Gasteiger partial charge in [-0.1, -0.05) is 12.1 Å². The second kappa shape index (κ2) is 9.06. The summed E-state index contributed by atoms with van der Waals surface area (Å²) < 4.78 is 5.33. The first kappa shape index (κ1) is 19.5. The molecule has 1 aromatic carbocycles. The fraction of sp³-hybridized carbons (Fsp3) is 0.556. The van der Waals surface area contributed by atoms with Crippen molar-refractivity contribution < 1.29 is 14.3 Å². The second-order valence-electron chi connectivity index (χ2n) is 6.53. The van der Waals surface area contributed by atoms with Gasteiger partial charge in [-0.25, -0.2) is 0 Å². The average Bonchev–Trinajstić information content (AvgIpc) is 3.02. The van der Waals surface area contributed by atoms with Crippen molar-refractivity contribution >= 4 is 29.9 Å². The van der Waals surface area contributed by atoms with Gasteiger partial charge < -0.3 is 20.3 Å². The summed E-state index contributed by atoms with van der Waals surface area (Å²) in [4.78, 5) is 26.4. The number of para-hydroxylation sites is 2. The lowest BCUT2D eigenvalue weighted by molar-refractivity contribution is -0.126. The molecule has 2 aliphatic rings. The highest BCUT2D eigenvalue weighted by atomic mass is 35.5. The number of piperidine rings is 1. The predicted molar refractivity (Wildman–Crippen MR) is 99.3 cm³/mol. The average molecular weight is 368 g/mol. The number of nitrogens with one attached hydrogen (secondary N) is 2. The van der Waals surface area contributed by atoms with Gasteiger partial charge in [-0.15, -0.1) is 12.4 Å². The third kappa shape index (κ3) is 4.64. The van der Waals surface area contributed by atoms with E-state index in [2.05, 4.69) is 10.6 Å². The lowest BCUT2D eigenvalue weighted by Crippen LogP contribution is -2.40. The van der Waals surface area contributed by atoms with Crippen LogP contribution in [0.25, 0.3) is 0 Å². The Bertz CT molecular complexity index is 605. The van der Waals surface area contributed by atoms with Gasteiger partial charge in [0, 0.05) is 19.5 Å².